The molecule has 0 unspecified atom stereocenters. The van der Waals surface area contributed by atoms with Crippen molar-refractivity contribution in [2.24, 2.45) is 0 Å². The van der Waals surface area contributed by atoms with Gasteiger partial charge in [0, 0.05) is 0 Å². The van der Waals surface area contributed by atoms with Crippen LogP contribution in [0.3, 0.4) is 0 Å². The van der Waals surface area contributed by atoms with Crippen LogP contribution in [-0.2, 0) is 0 Å². The van der Waals surface area contributed by atoms with Crippen LogP contribution in [0.2, 0.25) is 0 Å². The molecule has 1 saturated carbocycles. The molecule has 116 valence electrons. The van der Waals surface area contributed by atoms with E-state index < -0.39 is 11.6 Å². The molecule has 21 heavy (non-hydrogen) atoms. The maximum atomic E-state index is 11.0. The minimum absolute atomic E-state index is 0.155. The third-order valence-corrected chi connectivity index (χ3v) is 3.77. The summed E-state index contributed by atoms with van der Waals surface area (Å²) in [6, 6.07) is 4.51. The van der Waals surface area contributed by atoms with Crippen molar-refractivity contribution < 1.29 is 24.5 Å². The molecule has 0 radical (unpaired) electrons. The van der Waals surface area contributed by atoms with Crippen molar-refractivity contribution in [1.29, 1.82) is 0 Å². The number of rotatable bonds is 6. The number of hydrogen-bond donors (Lipinski definition) is 2. The number of carboxylic acids is 1. The second-order valence-corrected chi connectivity index (χ2v) is 5.47. The third-order valence-electron chi connectivity index (χ3n) is 3.77. The summed E-state index contributed by atoms with van der Waals surface area (Å²) in [4.78, 5) is 11.0. The molecule has 1 aromatic rings. The molecule has 1 aliphatic carbocycles. The Morgan fingerprint density at radius 3 is 2.52 bits per heavy atom. The molecule has 2 N–H and O–H groups in total. The lowest BCUT2D eigenvalue weighted by atomic mass is 9.85. The largest absolute Gasteiger partial charge is 0.490 e. The van der Waals surface area contributed by atoms with Crippen molar-refractivity contribution in [1.82, 2.24) is 0 Å². The Morgan fingerprint density at radius 2 is 1.90 bits per heavy atom. The molecule has 5 heteroatoms. The second kappa shape index (κ2) is 6.80. The zero-order valence-corrected chi connectivity index (χ0v) is 12.3. The average molecular weight is 294 g/mol. The van der Waals surface area contributed by atoms with Crippen LogP contribution in [0.5, 0.6) is 11.5 Å². The Kier molecular flexibility index (Phi) is 5.07. The first-order valence-corrected chi connectivity index (χ1v) is 7.39. The molecule has 0 amide bonds. The summed E-state index contributed by atoms with van der Waals surface area (Å²) < 4.78 is 11.1. The predicted molar refractivity (Wildman–Crippen MR) is 78.1 cm³/mol. The SMILES string of the molecule is CCOc1cc(C(=O)O)ccc1OCC1(O)CCCCC1. The van der Waals surface area contributed by atoms with E-state index in [1.54, 1.807) is 6.07 Å². The predicted octanol–water partition coefficient (Wildman–Crippen LogP) is 2.86. The highest BCUT2D eigenvalue weighted by Crippen LogP contribution is 2.32. The van der Waals surface area contributed by atoms with Gasteiger partial charge in [0.2, 0.25) is 0 Å². The number of carboxylic acid groups (broad SMARTS) is 1. The molecular formula is C16H22O5. The zero-order chi connectivity index (χ0) is 15.3. The highest BCUT2D eigenvalue weighted by molar-refractivity contribution is 5.88. The Hall–Kier alpha value is -1.75. The van der Waals surface area contributed by atoms with Crippen LogP contribution < -0.4 is 9.47 Å². The summed E-state index contributed by atoms with van der Waals surface area (Å²) in [5.74, 6) is -0.133. The monoisotopic (exact) mass is 294 g/mol. The topological polar surface area (TPSA) is 76.0 Å². The van der Waals surface area contributed by atoms with E-state index in [0.717, 1.165) is 32.1 Å². The first-order chi connectivity index (χ1) is 10.0. The number of hydrogen-bond acceptors (Lipinski definition) is 4. The minimum Gasteiger partial charge on any atom is -0.490 e. The number of aliphatic hydroxyl groups is 1. The Morgan fingerprint density at radius 1 is 1.19 bits per heavy atom. The Bertz CT molecular complexity index is 491. The van der Waals surface area contributed by atoms with Gasteiger partial charge in [0.15, 0.2) is 11.5 Å². The van der Waals surface area contributed by atoms with Gasteiger partial charge in [-0.2, -0.15) is 0 Å². The van der Waals surface area contributed by atoms with Gasteiger partial charge in [0.05, 0.1) is 17.8 Å². The van der Waals surface area contributed by atoms with Gasteiger partial charge < -0.3 is 19.7 Å². The number of benzene rings is 1. The van der Waals surface area contributed by atoms with E-state index in [4.69, 9.17) is 14.6 Å². The van der Waals surface area contributed by atoms with Gasteiger partial charge in [-0.1, -0.05) is 19.3 Å². The van der Waals surface area contributed by atoms with E-state index in [9.17, 15) is 9.90 Å². The fourth-order valence-corrected chi connectivity index (χ4v) is 2.59. The minimum atomic E-state index is -1.01. The van der Waals surface area contributed by atoms with Crippen LogP contribution in [0, 0.1) is 0 Å². The summed E-state index contributed by atoms with van der Waals surface area (Å²) in [5.41, 5.74) is -0.630. The molecule has 0 bridgehead atoms. The van der Waals surface area contributed by atoms with Crippen molar-refractivity contribution >= 4 is 5.97 Å². The maximum absolute atomic E-state index is 11.0. The summed E-state index contributed by atoms with van der Waals surface area (Å²) in [6.07, 6.45) is 4.65. The summed E-state index contributed by atoms with van der Waals surface area (Å²) in [7, 11) is 0. The standard InChI is InChI=1S/C16H22O5/c1-2-20-14-10-12(15(17)18)6-7-13(14)21-11-16(19)8-4-3-5-9-16/h6-7,10,19H,2-5,8-9,11H2,1H3,(H,17,18). The zero-order valence-electron chi connectivity index (χ0n) is 12.3. The third kappa shape index (κ3) is 4.11. The van der Waals surface area contributed by atoms with Crippen LogP contribution >= 0.6 is 0 Å². The average Bonchev–Trinajstić information content (AvgIpc) is 2.47. The van der Waals surface area contributed by atoms with Gasteiger partial charge in [-0.15, -0.1) is 0 Å². The van der Waals surface area contributed by atoms with Crippen LogP contribution in [0.1, 0.15) is 49.4 Å². The second-order valence-electron chi connectivity index (χ2n) is 5.47. The fraction of sp³-hybridized carbons (Fsp3) is 0.562. The van der Waals surface area contributed by atoms with E-state index >= 15 is 0 Å². The van der Waals surface area contributed by atoms with E-state index in [1.165, 1.54) is 12.1 Å². The van der Waals surface area contributed by atoms with Gasteiger partial charge in [-0.05, 0) is 38.0 Å². The van der Waals surface area contributed by atoms with Crippen LogP contribution in [0.4, 0.5) is 0 Å². The van der Waals surface area contributed by atoms with Crippen molar-refractivity contribution in [2.75, 3.05) is 13.2 Å². The van der Waals surface area contributed by atoms with E-state index in [0.29, 0.717) is 18.1 Å². The molecule has 1 aromatic carbocycles. The van der Waals surface area contributed by atoms with Gasteiger partial charge in [-0.25, -0.2) is 4.79 Å². The molecule has 1 fully saturated rings. The summed E-state index contributed by atoms with van der Waals surface area (Å²) in [6.45, 7) is 2.45. The highest BCUT2D eigenvalue weighted by Gasteiger charge is 2.30. The van der Waals surface area contributed by atoms with Crippen LogP contribution in [0.25, 0.3) is 0 Å². The van der Waals surface area contributed by atoms with Gasteiger partial charge in [-0.3, -0.25) is 0 Å². The molecule has 0 aromatic heterocycles. The van der Waals surface area contributed by atoms with Crippen LogP contribution in [0.15, 0.2) is 18.2 Å². The van der Waals surface area contributed by atoms with Crippen molar-refractivity contribution in [2.45, 2.75) is 44.6 Å². The molecule has 5 nitrogen and oxygen atoms in total. The molecule has 0 spiro atoms. The van der Waals surface area contributed by atoms with Gasteiger partial charge in [0.1, 0.15) is 6.61 Å². The molecule has 0 saturated heterocycles. The Balaban J connectivity index is 2.09. The first-order valence-electron chi connectivity index (χ1n) is 7.39. The first kappa shape index (κ1) is 15.6. The molecule has 0 aliphatic heterocycles. The smallest absolute Gasteiger partial charge is 0.335 e. The van der Waals surface area contributed by atoms with E-state index in [-0.39, 0.29) is 12.2 Å². The summed E-state index contributed by atoms with van der Waals surface area (Å²) in [5, 5.41) is 19.4. The lowest BCUT2D eigenvalue weighted by Crippen LogP contribution is -2.37. The van der Waals surface area contributed by atoms with Crippen molar-refractivity contribution in [3.8, 4) is 11.5 Å². The molecule has 0 atom stereocenters. The number of aromatic carboxylic acids is 1. The molecule has 0 heterocycles. The van der Waals surface area contributed by atoms with E-state index in [1.807, 2.05) is 6.92 Å². The maximum Gasteiger partial charge on any atom is 0.335 e. The molecular weight excluding hydrogens is 272 g/mol. The highest BCUT2D eigenvalue weighted by atomic mass is 16.5. The van der Waals surface area contributed by atoms with E-state index in [2.05, 4.69) is 0 Å². The van der Waals surface area contributed by atoms with Gasteiger partial charge in [0.25, 0.3) is 0 Å². The lowest BCUT2D eigenvalue weighted by Gasteiger charge is -2.31. The van der Waals surface area contributed by atoms with Gasteiger partial charge >= 0.3 is 5.97 Å². The molecule has 1 aliphatic rings. The lowest BCUT2D eigenvalue weighted by molar-refractivity contribution is -0.0344. The van der Waals surface area contributed by atoms with Crippen LogP contribution in [-0.4, -0.2) is 35.0 Å². The molecule has 2 rings (SSSR count). The fourth-order valence-electron chi connectivity index (χ4n) is 2.59. The Labute approximate surface area is 124 Å². The van der Waals surface area contributed by atoms with Crippen molar-refractivity contribution in [3.05, 3.63) is 23.8 Å². The number of carbonyl (C=O) groups is 1. The normalized spacial score (nSPS) is 17.2. The van der Waals surface area contributed by atoms with Crippen molar-refractivity contribution in [3.63, 3.8) is 0 Å². The quantitative estimate of drug-likeness (QED) is 0.843. The number of ether oxygens (including phenoxy) is 2. The summed E-state index contributed by atoms with van der Waals surface area (Å²) >= 11 is 0.